The largest absolute Gasteiger partial charge is 0.389 e. The molecule has 0 atom stereocenters. The van der Waals surface area contributed by atoms with E-state index in [1.165, 1.54) is 16.7 Å². The summed E-state index contributed by atoms with van der Waals surface area (Å²) in [4.78, 5) is 13.6. The number of amides is 1. The molecule has 1 aromatic rings. The molecule has 0 heterocycles. The van der Waals surface area contributed by atoms with Crippen LogP contribution in [0.2, 0.25) is 0 Å². The second-order valence-electron chi connectivity index (χ2n) is 6.06. The van der Waals surface area contributed by atoms with Crippen molar-refractivity contribution in [2.45, 2.75) is 46.1 Å². The minimum absolute atomic E-state index is 0.0706. The van der Waals surface area contributed by atoms with Crippen LogP contribution in [0, 0.1) is 13.8 Å². The Kier molecular flexibility index (Phi) is 5.12. The first kappa shape index (κ1) is 15.7. The summed E-state index contributed by atoms with van der Waals surface area (Å²) in [7, 11) is 1.74. The van der Waals surface area contributed by atoms with Crippen molar-refractivity contribution >= 4 is 5.91 Å². The molecule has 0 spiro atoms. The molecular formula is C16H25NO2. The summed E-state index contributed by atoms with van der Waals surface area (Å²) in [6, 6.07) is 6.37. The van der Waals surface area contributed by atoms with Crippen molar-refractivity contribution < 1.29 is 9.90 Å². The Bertz CT molecular complexity index is 426. The SMILES string of the molecule is Cc1cc(C)cc(CCC(=O)N(C)CC(C)(C)O)c1. The Hall–Kier alpha value is -1.35. The monoisotopic (exact) mass is 263 g/mol. The molecule has 0 bridgehead atoms. The number of hydrogen-bond acceptors (Lipinski definition) is 2. The summed E-state index contributed by atoms with van der Waals surface area (Å²) in [5.41, 5.74) is 2.81. The van der Waals surface area contributed by atoms with Gasteiger partial charge in [-0.15, -0.1) is 0 Å². The number of carbonyl (C=O) groups excluding carboxylic acids is 1. The van der Waals surface area contributed by atoms with Crippen LogP contribution in [-0.4, -0.2) is 35.1 Å². The Morgan fingerprint density at radius 2 is 1.74 bits per heavy atom. The minimum Gasteiger partial charge on any atom is -0.389 e. The van der Waals surface area contributed by atoms with Crippen LogP contribution in [-0.2, 0) is 11.2 Å². The second kappa shape index (κ2) is 6.20. The zero-order valence-corrected chi connectivity index (χ0v) is 12.7. The van der Waals surface area contributed by atoms with Gasteiger partial charge in [-0.25, -0.2) is 0 Å². The first-order valence-electron chi connectivity index (χ1n) is 6.71. The first-order valence-corrected chi connectivity index (χ1v) is 6.71. The van der Waals surface area contributed by atoms with Gasteiger partial charge in [0.1, 0.15) is 0 Å². The lowest BCUT2D eigenvalue weighted by atomic mass is 10.0. The van der Waals surface area contributed by atoms with Gasteiger partial charge in [-0.3, -0.25) is 4.79 Å². The van der Waals surface area contributed by atoms with Gasteiger partial charge < -0.3 is 10.0 Å². The van der Waals surface area contributed by atoms with E-state index in [0.717, 1.165) is 6.42 Å². The molecule has 1 amide bonds. The fourth-order valence-electron chi connectivity index (χ4n) is 2.32. The van der Waals surface area contributed by atoms with Crippen LogP contribution in [0.15, 0.2) is 18.2 Å². The lowest BCUT2D eigenvalue weighted by molar-refractivity contribution is -0.132. The second-order valence-corrected chi connectivity index (χ2v) is 6.06. The summed E-state index contributed by atoms with van der Waals surface area (Å²) >= 11 is 0. The van der Waals surface area contributed by atoms with Gasteiger partial charge in [-0.2, -0.15) is 0 Å². The zero-order valence-electron chi connectivity index (χ0n) is 12.7. The van der Waals surface area contributed by atoms with Crippen molar-refractivity contribution in [3.05, 3.63) is 34.9 Å². The number of likely N-dealkylation sites (N-methyl/N-ethyl adjacent to an activating group) is 1. The number of aliphatic hydroxyl groups is 1. The highest BCUT2D eigenvalue weighted by Gasteiger charge is 2.19. The van der Waals surface area contributed by atoms with Crippen molar-refractivity contribution in [2.75, 3.05) is 13.6 Å². The standard InChI is InChI=1S/C16H25NO2/c1-12-8-13(2)10-14(9-12)6-7-15(18)17(5)11-16(3,4)19/h8-10,19H,6-7,11H2,1-5H3. The predicted octanol–water partition coefficient (Wildman–Crippen LogP) is 2.47. The summed E-state index contributed by atoms with van der Waals surface area (Å²) in [6.07, 6.45) is 1.23. The minimum atomic E-state index is -0.843. The maximum Gasteiger partial charge on any atom is 0.222 e. The fourth-order valence-corrected chi connectivity index (χ4v) is 2.32. The molecule has 0 aliphatic carbocycles. The maximum atomic E-state index is 12.0. The van der Waals surface area contributed by atoms with Crippen molar-refractivity contribution in [2.24, 2.45) is 0 Å². The third kappa shape index (κ3) is 5.88. The van der Waals surface area contributed by atoms with E-state index >= 15 is 0 Å². The van der Waals surface area contributed by atoms with Crippen molar-refractivity contribution in [3.63, 3.8) is 0 Å². The van der Waals surface area contributed by atoms with Gasteiger partial charge >= 0.3 is 0 Å². The average Bonchev–Trinajstić information content (AvgIpc) is 2.22. The zero-order chi connectivity index (χ0) is 14.6. The van der Waals surface area contributed by atoms with Gasteiger partial charge in [0.2, 0.25) is 5.91 Å². The molecule has 0 aliphatic rings. The van der Waals surface area contributed by atoms with Gasteiger partial charge in [0.05, 0.1) is 5.60 Å². The van der Waals surface area contributed by atoms with Gasteiger partial charge in [0.25, 0.3) is 0 Å². The number of rotatable bonds is 5. The molecule has 3 heteroatoms. The molecule has 0 fully saturated rings. The Morgan fingerprint density at radius 3 is 2.21 bits per heavy atom. The van der Waals surface area contributed by atoms with E-state index in [2.05, 4.69) is 32.0 Å². The molecule has 1 aromatic carbocycles. The highest BCUT2D eigenvalue weighted by atomic mass is 16.3. The fraction of sp³-hybridized carbons (Fsp3) is 0.562. The molecular weight excluding hydrogens is 238 g/mol. The third-order valence-electron chi connectivity index (χ3n) is 2.96. The summed E-state index contributed by atoms with van der Waals surface area (Å²) in [5.74, 6) is 0.0706. The molecule has 0 aliphatic heterocycles. The number of aryl methyl sites for hydroxylation is 3. The molecule has 0 radical (unpaired) electrons. The lowest BCUT2D eigenvalue weighted by Gasteiger charge is -2.25. The first-order chi connectivity index (χ1) is 8.67. The van der Waals surface area contributed by atoms with Crippen LogP contribution in [0.4, 0.5) is 0 Å². The predicted molar refractivity (Wildman–Crippen MR) is 78.2 cm³/mol. The molecule has 1 rings (SSSR count). The van der Waals surface area contributed by atoms with Crippen LogP contribution in [0.1, 0.15) is 37.0 Å². The van der Waals surface area contributed by atoms with Crippen LogP contribution >= 0.6 is 0 Å². The highest BCUT2D eigenvalue weighted by molar-refractivity contribution is 5.76. The van der Waals surface area contributed by atoms with Gasteiger partial charge in [-0.05, 0) is 39.7 Å². The number of hydrogen-bond donors (Lipinski definition) is 1. The lowest BCUT2D eigenvalue weighted by Crippen LogP contribution is -2.39. The molecule has 3 nitrogen and oxygen atoms in total. The van der Waals surface area contributed by atoms with Crippen molar-refractivity contribution in [3.8, 4) is 0 Å². The maximum absolute atomic E-state index is 12.0. The third-order valence-corrected chi connectivity index (χ3v) is 2.96. The molecule has 0 unspecified atom stereocenters. The van der Waals surface area contributed by atoms with Crippen molar-refractivity contribution in [1.82, 2.24) is 4.90 Å². The van der Waals surface area contributed by atoms with E-state index in [9.17, 15) is 9.90 Å². The Balaban J connectivity index is 2.54. The van der Waals surface area contributed by atoms with E-state index in [4.69, 9.17) is 0 Å². The Labute approximate surface area is 116 Å². The normalized spacial score (nSPS) is 11.5. The summed E-state index contributed by atoms with van der Waals surface area (Å²) in [5, 5.41) is 9.70. The van der Waals surface area contributed by atoms with Crippen molar-refractivity contribution in [1.29, 1.82) is 0 Å². The highest BCUT2D eigenvalue weighted by Crippen LogP contribution is 2.12. The number of nitrogens with zero attached hydrogens (tertiary/aromatic N) is 1. The van der Waals surface area contributed by atoms with E-state index in [1.807, 2.05) is 0 Å². The number of benzene rings is 1. The smallest absolute Gasteiger partial charge is 0.222 e. The van der Waals surface area contributed by atoms with E-state index in [-0.39, 0.29) is 5.91 Å². The van der Waals surface area contributed by atoms with E-state index in [0.29, 0.717) is 13.0 Å². The average molecular weight is 263 g/mol. The summed E-state index contributed by atoms with van der Waals surface area (Å²) in [6.45, 7) is 7.91. The quantitative estimate of drug-likeness (QED) is 0.886. The van der Waals surface area contributed by atoms with Gasteiger partial charge in [-0.1, -0.05) is 29.3 Å². The van der Waals surface area contributed by atoms with Crippen LogP contribution in [0.5, 0.6) is 0 Å². The molecule has 0 saturated carbocycles. The van der Waals surface area contributed by atoms with Crippen LogP contribution in [0.25, 0.3) is 0 Å². The van der Waals surface area contributed by atoms with E-state index < -0.39 is 5.60 Å². The Morgan fingerprint density at radius 1 is 1.21 bits per heavy atom. The molecule has 19 heavy (non-hydrogen) atoms. The molecule has 1 N–H and O–H groups in total. The van der Waals surface area contributed by atoms with Crippen LogP contribution < -0.4 is 0 Å². The number of carbonyl (C=O) groups is 1. The molecule has 0 saturated heterocycles. The van der Waals surface area contributed by atoms with Crippen LogP contribution in [0.3, 0.4) is 0 Å². The topological polar surface area (TPSA) is 40.5 Å². The van der Waals surface area contributed by atoms with Gasteiger partial charge in [0.15, 0.2) is 0 Å². The van der Waals surface area contributed by atoms with E-state index in [1.54, 1.807) is 25.8 Å². The molecule has 106 valence electrons. The molecule has 0 aromatic heterocycles. The summed E-state index contributed by atoms with van der Waals surface area (Å²) < 4.78 is 0. The van der Waals surface area contributed by atoms with Gasteiger partial charge in [0, 0.05) is 20.0 Å².